The van der Waals surface area contributed by atoms with Gasteiger partial charge in [-0.05, 0) is 56.3 Å². The van der Waals surface area contributed by atoms with Crippen molar-refractivity contribution in [2.75, 3.05) is 0 Å². The minimum atomic E-state index is -3.53. The summed E-state index contributed by atoms with van der Waals surface area (Å²) in [6.07, 6.45) is 6.00. The molecule has 158 valence electrons. The molecule has 0 heterocycles. The minimum absolute atomic E-state index is 0.332. The van der Waals surface area contributed by atoms with Gasteiger partial charge < -0.3 is 4.74 Å². The molecule has 0 N–H and O–H groups in total. The van der Waals surface area contributed by atoms with Crippen LogP contribution in [0, 0.1) is 41.1 Å². The van der Waals surface area contributed by atoms with Gasteiger partial charge in [0.15, 0.2) is 17.5 Å². The van der Waals surface area contributed by atoms with Crippen LogP contribution >= 0.6 is 0 Å². The Morgan fingerprint density at radius 2 is 1.36 bits per heavy atom. The van der Waals surface area contributed by atoms with E-state index in [9.17, 15) is 22.0 Å². The topological polar surface area (TPSA) is 9.23 Å². The van der Waals surface area contributed by atoms with E-state index in [2.05, 4.69) is 11.7 Å². The summed E-state index contributed by atoms with van der Waals surface area (Å²) < 4.78 is 73.1. The first-order chi connectivity index (χ1) is 13.3. The van der Waals surface area contributed by atoms with Crippen LogP contribution in [0.2, 0.25) is 0 Å². The van der Waals surface area contributed by atoms with Gasteiger partial charge in [0.2, 0.25) is 0 Å². The van der Waals surface area contributed by atoms with Gasteiger partial charge in [-0.15, -0.1) is 0 Å². The third-order valence-corrected chi connectivity index (χ3v) is 6.71. The second-order valence-corrected chi connectivity index (χ2v) is 8.55. The van der Waals surface area contributed by atoms with Gasteiger partial charge in [-0.1, -0.05) is 32.6 Å². The highest BCUT2D eigenvalue weighted by Gasteiger charge is 2.45. The van der Waals surface area contributed by atoms with E-state index in [1.165, 1.54) is 38.5 Å². The predicted octanol–water partition coefficient (Wildman–Crippen LogP) is 7.49. The maximum absolute atomic E-state index is 14.5. The Labute approximate surface area is 163 Å². The maximum atomic E-state index is 14.5. The van der Waals surface area contributed by atoms with Crippen LogP contribution in [-0.2, 0) is 0 Å². The highest BCUT2D eigenvalue weighted by Crippen LogP contribution is 2.46. The van der Waals surface area contributed by atoms with Crippen LogP contribution in [0.5, 0.6) is 5.75 Å². The lowest BCUT2D eigenvalue weighted by atomic mass is 9.68. The number of ether oxygens (including phenoxy) is 1. The fourth-order valence-electron chi connectivity index (χ4n) is 5.11. The minimum Gasteiger partial charge on any atom is -0.432 e. The lowest BCUT2D eigenvalue weighted by Crippen LogP contribution is -2.38. The third-order valence-electron chi connectivity index (χ3n) is 6.71. The number of hydrogen-bond acceptors (Lipinski definition) is 1. The summed E-state index contributed by atoms with van der Waals surface area (Å²) in [6.45, 7) is 2.21. The summed E-state index contributed by atoms with van der Waals surface area (Å²) in [6, 6.07) is 0.930. The van der Waals surface area contributed by atoms with Crippen molar-refractivity contribution in [2.45, 2.75) is 77.2 Å². The molecule has 0 spiro atoms. The van der Waals surface area contributed by atoms with E-state index in [1.807, 2.05) is 0 Å². The molecule has 2 aliphatic rings. The molecule has 1 aromatic carbocycles. The summed E-state index contributed by atoms with van der Waals surface area (Å²) in [5.41, 5.74) is 0. The highest BCUT2D eigenvalue weighted by atomic mass is 19.3. The van der Waals surface area contributed by atoms with Crippen molar-refractivity contribution in [1.82, 2.24) is 0 Å². The lowest BCUT2D eigenvalue weighted by molar-refractivity contribution is -0.224. The molecule has 2 aliphatic carbocycles. The molecule has 2 fully saturated rings. The second kappa shape index (κ2) is 9.00. The normalized spacial score (nSPS) is 28.9. The molecule has 6 heteroatoms. The van der Waals surface area contributed by atoms with Crippen LogP contribution in [0.1, 0.15) is 71.1 Å². The number of hydrogen-bond donors (Lipinski definition) is 0. The molecule has 2 saturated carbocycles. The molecule has 0 radical (unpaired) electrons. The average Bonchev–Trinajstić information content (AvgIpc) is 2.67. The van der Waals surface area contributed by atoms with Crippen LogP contribution in [0.3, 0.4) is 0 Å². The molecule has 0 amide bonds. The van der Waals surface area contributed by atoms with Crippen molar-refractivity contribution < 1.29 is 26.7 Å². The van der Waals surface area contributed by atoms with E-state index >= 15 is 0 Å². The van der Waals surface area contributed by atoms with Gasteiger partial charge in [0, 0.05) is 12.1 Å². The summed E-state index contributed by atoms with van der Waals surface area (Å²) in [5.74, 6) is -4.49. The zero-order chi connectivity index (χ0) is 20.3. The van der Waals surface area contributed by atoms with Gasteiger partial charge in [-0.25, -0.2) is 13.2 Å². The highest BCUT2D eigenvalue weighted by molar-refractivity contribution is 5.25. The lowest BCUT2D eigenvalue weighted by Gasteiger charge is -2.39. The monoisotopic (exact) mass is 404 g/mol. The largest absolute Gasteiger partial charge is 0.432 e. The molecule has 0 aromatic heterocycles. The molecule has 0 bridgehead atoms. The van der Waals surface area contributed by atoms with E-state index in [0.29, 0.717) is 36.8 Å². The smallest absolute Gasteiger partial charge is 0.400 e. The van der Waals surface area contributed by atoms with Crippen LogP contribution in [-0.4, -0.2) is 6.11 Å². The Morgan fingerprint density at radius 3 is 1.86 bits per heavy atom. The zero-order valence-corrected chi connectivity index (χ0v) is 16.3. The predicted molar refractivity (Wildman–Crippen MR) is 97.7 cm³/mol. The zero-order valence-electron chi connectivity index (χ0n) is 16.3. The molecular weight excluding hydrogens is 375 g/mol. The van der Waals surface area contributed by atoms with Crippen LogP contribution < -0.4 is 4.74 Å². The van der Waals surface area contributed by atoms with Gasteiger partial charge in [-0.2, -0.15) is 8.78 Å². The van der Waals surface area contributed by atoms with E-state index in [4.69, 9.17) is 0 Å². The molecule has 3 rings (SSSR count). The molecule has 0 saturated heterocycles. The summed E-state index contributed by atoms with van der Waals surface area (Å²) in [4.78, 5) is 0. The maximum Gasteiger partial charge on any atom is 0.400 e. The van der Waals surface area contributed by atoms with Crippen molar-refractivity contribution in [2.24, 2.45) is 23.7 Å². The van der Waals surface area contributed by atoms with Crippen molar-refractivity contribution in [3.8, 4) is 5.75 Å². The van der Waals surface area contributed by atoms with Crippen molar-refractivity contribution in [3.63, 3.8) is 0 Å². The Balaban J connectivity index is 1.52. The molecule has 0 aliphatic heterocycles. The fourth-order valence-corrected chi connectivity index (χ4v) is 5.11. The molecule has 1 nitrogen and oxygen atoms in total. The molecule has 1 aromatic rings. The summed E-state index contributed by atoms with van der Waals surface area (Å²) >= 11 is 0. The third kappa shape index (κ3) is 4.98. The fraction of sp³-hybridized carbons (Fsp3) is 0.727. The van der Waals surface area contributed by atoms with Crippen molar-refractivity contribution in [1.29, 1.82) is 0 Å². The number of rotatable bonds is 6. The van der Waals surface area contributed by atoms with Gasteiger partial charge in [-0.3, -0.25) is 0 Å². The van der Waals surface area contributed by atoms with Gasteiger partial charge in [0.25, 0.3) is 0 Å². The van der Waals surface area contributed by atoms with E-state index < -0.39 is 35.2 Å². The Morgan fingerprint density at radius 1 is 0.857 bits per heavy atom. The van der Waals surface area contributed by atoms with E-state index in [1.54, 1.807) is 0 Å². The summed E-state index contributed by atoms with van der Waals surface area (Å²) in [5, 5.41) is 0. The first-order valence-electron chi connectivity index (χ1n) is 10.5. The van der Waals surface area contributed by atoms with Crippen LogP contribution in [0.4, 0.5) is 22.0 Å². The quantitative estimate of drug-likeness (QED) is 0.353. The molecular formula is C22H29F5O. The number of benzene rings is 1. The number of alkyl halides is 2. The van der Waals surface area contributed by atoms with Gasteiger partial charge >= 0.3 is 6.11 Å². The van der Waals surface area contributed by atoms with Gasteiger partial charge in [0.05, 0.1) is 5.92 Å². The second-order valence-electron chi connectivity index (χ2n) is 8.55. The van der Waals surface area contributed by atoms with Crippen LogP contribution in [0.15, 0.2) is 12.1 Å². The van der Waals surface area contributed by atoms with E-state index in [-0.39, 0.29) is 0 Å². The first-order valence-corrected chi connectivity index (χ1v) is 10.5. The molecule has 0 atom stereocenters. The molecule has 0 unspecified atom stereocenters. The van der Waals surface area contributed by atoms with E-state index in [0.717, 1.165) is 18.8 Å². The number of halogens is 5. The standard InChI is InChI=1S/C22H29F5O/c1-2-3-14-4-6-15(7-5-14)16-8-10-17(11-9-16)22(26,27)28-18-12-19(23)21(25)20(24)13-18/h12-17H,2-11H2,1H3/t14-,15-,16?,17?. The Hall–Kier alpha value is -1.33. The average molecular weight is 404 g/mol. The molecule has 28 heavy (non-hydrogen) atoms. The summed E-state index contributed by atoms with van der Waals surface area (Å²) in [7, 11) is 0. The first kappa shape index (κ1) is 21.4. The Kier molecular flexibility index (Phi) is 6.87. The van der Waals surface area contributed by atoms with Crippen LogP contribution in [0.25, 0.3) is 0 Å². The van der Waals surface area contributed by atoms with Crippen molar-refractivity contribution in [3.05, 3.63) is 29.6 Å². The Bertz CT molecular complexity index is 623. The van der Waals surface area contributed by atoms with Gasteiger partial charge in [0.1, 0.15) is 5.75 Å². The SMILES string of the molecule is CCC[C@H]1CC[C@H](C2CCC(C(F)(F)Oc3cc(F)c(F)c(F)c3)CC2)CC1. The van der Waals surface area contributed by atoms with Crippen molar-refractivity contribution >= 4 is 0 Å².